The van der Waals surface area contributed by atoms with Gasteiger partial charge < -0.3 is 25.1 Å². The van der Waals surface area contributed by atoms with Crippen molar-refractivity contribution in [2.24, 2.45) is 0 Å². The minimum Gasteiger partial charge on any atom is -0.497 e. The normalized spacial score (nSPS) is 10.0. The van der Waals surface area contributed by atoms with E-state index in [1.54, 1.807) is 19.2 Å². The molecule has 7 heteroatoms. The maximum absolute atomic E-state index is 11.6. The Morgan fingerprint density at radius 1 is 1.08 bits per heavy atom. The van der Waals surface area contributed by atoms with Crippen LogP contribution in [0.3, 0.4) is 0 Å². The van der Waals surface area contributed by atoms with Crippen molar-refractivity contribution in [3.63, 3.8) is 0 Å². The minimum absolute atomic E-state index is 0.0882. The van der Waals surface area contributed by atoms with Gasteiger partial charge in [-0.05, 0) is 36.2 Å². The molecule has 0 aliphatic carbocycles. The van der Waals surface area contributed by atoms with E-state index in [0.717, 1.165) is 11.3 Å². The third kappa shape index (κ3) is 6.04. The molecule has 2 aromatic rings. The van der Waals surface area contributed by atoms with Gasteiger partial charge in [-0.2, -0.15) is 0 Å². The van der Waals surface area contributed by atoms with Crippen LogP contribution in [0.2, 0.25) is 0 Å². The summed E-state index contributed by atoms with van der Waals surface area (Å²) in [5.41, 5.74) is 1.09. The van der Waals surface area contributed by atoms with E-state index in [9.17, 15) is 9.59 Å². The Bertz CT molecular complexity index is 638. The average Bonchev–Trinajstić information content (AvgIpc) is 3.12. The van der Waals surface area contributed by atoms with Crippen LogP contribution in [0.4, 0.5) is 4.79 Å². The van der Waals surface area contributed by atoms with Crippen LogP contribution in [-0.2, 0) is 17.8 Å². The molecular weight excluding hydrogens is 310 g/mol. The number of rotatable bonds is 8. The molecule has 0 aliphatic heterocycles. The average molecular weight is 331 g/mol. The van der Waals surface area contributed by atoms with E-state index in [-0.39, 0.29) is 18.5 Å². The number of nitrogens with one attached hydrogen (secondary N) is 3. The number of amides is 3. The molecule has 0 aliphatic rings. The van der Waals surface area contributed by atoms with E-state index >= 15 is 0 Å². The van der Waals surface area contributed by atoms with E-state index in [1.807, 2.05) is 24.3 Å². The topological polar surface area (TPSA) is 92.6 Å². The van der Waals surface area contributed by atoms with Crippen molar-refractivity contribution < 1.29 is 18.7 Å². The second-order valence-electron chi connectivity index (χ2n) is 5.06. The number of ether oxygens (including phenoxy) is 1. The minimum atomic E-state index is -0.378. The third-order valence-corrected chi connectivity index (χ3v) is 3.31. The summed E-state index contributed by atoms with van der Waals surface area (Å²) >= 11 is 0. The zero-order chi connectivity index (χ0) is 17.2. The molecule has 0 spiro atoms. The van der Waals surface area contributed by atoms with Crippen LogP contribution in [0.25, 0.3) is 0 Å². The molecule has 1 heterocycles. The van der Waals surface area contributed by atoms with Gasteiger partial charge in [0.15, 0.2) is 0 Å². The van der Waals surface area contributed by atoms with Crippen molar-refractivity contribution in [2.75, 3.05) is 20.2 Å². The lowest BCUT2D eigenvalue weighted by atomic mass is 10.1. The van der Waals surface area contributed by atoms with Crippen molar-refractivity contribution in [1.82, 2.24) is 16.0 Å². The van der Waals surface area contributed by atoms with Crippen molar-refractivity contribution >= 4 is 11.9 Å². The summed E-state index contributed by atoms with van der Waals surface area (Å²) in [4.78, 5) is 23.2. The van der Waals surface area contributed by atoms with E-state index in [1.165, 1.54) is 6.26 Å². The lowest BCUT2D eigenvalue weighted by Gasteiger charge is -2.08. The number of carbonyl (C=O) groups excluding carboxylic acids is 2. The van der Waals surface area contributed by atoms with Gasteiger partial charge in [-0.25, -0.2) is 4.79 Å². The van der Waals surface area contributed by atoms with Gasteiger partial charge in [-0.15, -0.1) is 0 Å². The maximum atomic E-state index is 11.6. The molecule has 24 heavy (non-hydrogen) atoms. The fourth-order valence-electron chi connectivity index (χ4n) is 2.00. The molecule has 0 unspecified atom stereocenters. The summed E-state index contributed by atoms with van der Waals surface area (Å²) in [5, 5.41) is 7.86. The smallest absolute Gasteiger partial charge is 0.315 e. The van der Waals surface area contributed by atoms with Crippen molar-refractivity contribution in [1.29, 1.82) is 0 Å². The second kappa shape index (κ2) is 9.24. The molecule has 0 bridgehead atoms. The summed E-state index contributed by atoms with van der Waals surface area (Å²) in [5.74, 6) is 1.18. The Labute approximate surface area is 140 Å². The molecule has 1 aromatic carbocycles. The molecule has 0 atom stereocenters. The number of carbonyl (C=O) groups is 2. The highest BCUT2D eigenvalue weighted by atomic mass is 16.5. The summed E-state index contributed by atoms with van der Waals surface area (Å²) in [6.45, 7) is 0.688. The van der Waals surface area contributed by atoms with E-state index in [0.29, 0.717) is 25.3 Å². The largest absolute Gasteiger partial charge is 0.497 e. The number of benzene rings is 1. The van der Waals surface area contributed by atoms with Crippen molar-refractivity contribution in [3.05, 3.63) is 54.0 Å². The first-order chi connectivity index (χ1) is 11.7. The van der Waals surface area contributed by atoms with Crippen LogP contribution >= 0.6 is 0 Å². The van der Waals surface area contributed by atoms with Gasteiger partial charge >= 0.3 is 6.03 Å². The third-order valence-electron chi connectivity index (χ3n) is 3.31. The van der Waals surface area contributed by atoms with Crippen LogP contribution in [0.15, 0.2) is 47.1 Å². The van der Waals surface area contributed by atoms with Crippen molar-refractivity contribution in [3.8, 4) is 5.75 Å². The van der Waals surface area contributed by atoms with Crippen LogP contribution in [0, 0.1) is 0 Å². The van der Waals surface area contributed by atoms with Crippen LogP contribution in [0.1, 0.15) is 11.3 Å². The van der Waals surface area contributed by atoms with E-state index in [2.05, 4.69) is 16.0 Å². The highest BCUT2D eigenvalue weighted by molar-refractivity contribution is 5.83. The molecule has 3 amide bonds. The Morgan fingerprint density at radius 2 is 1.88 bits per heavy atom. The lowest BCUT2D eigenvalue weighted by Crippen LogP contribution is -2.42. The number of methoxy groups -OCH3 is 1. The standard InChI is InChI=1S/C17H21N3O4/c1-23-14-6-4-13(5-7-14)8-9-18-17(22)20-12-16(21)19-11-15-3-2-10-24-15/h2-7,10H,8-9,11-12H2,1H3,(H,19,21)(H2,18,20,22). The molecule has 7 nitrogen and oxygen atoms in total. The summed E-state index contributed by atoms with van der Waals surface area (Å²) in [6.07, 6.45) is 2.23. The number of hydrogen-bond acceptors (Lipinski definition) is 4. The summed E-state index contributed by atoms with van der Waals surface area (Å²) in [7, 11) is 1.62. The zero-order valence-corrected chi connectivity index (χ0v) is 13.5. The fourth-order valence-corrected chi connectivity index (χ4v) is 2.00. The van der Waals surface area contributed by atoms with Gasteiger partial charge in [0.25, 0.3) is 0 Å². The Kier molecular flexibility index (Phi) is 6.70. The lowest BCUT2D eigenvalue weighted by molar-refractivity contribution is -0.120. The van der Waals surface area contributed by atoms with Gasteiger partial charge in [0.1, 0.15) is 11.5 Å². The molecule has 3 N–H and O–H groups in total. The van der Waals surface area contributed by atoms with Gasteiger partial charge in [-0.1, -0.05) is 12.1 Å². The highest BCUT2D eigenvalue weighted by Crippen LogP contribution is 2.11. The predicted molar refractivity (Wildman–Crippen MR) is 88.7 cm³/mol. The van der Waals surface area contributed by atoms with Crippen LogP contribution in [0.5, 0.6) is 5.75 Å². The van der Waals surface area contributed by atoms with Crippen molar-refractivity contribution in [2.45, 2.75) is 13.0 Å². The molecule has 2 rings (SSSR count). The number of urea groups is 1. The van der Waals surface area contributed by atoms with Gasteiger partial charge in [0.2, 0.25) is 5.91 Å². The quantitative estimate of drug-likeness (QED) is 0.682. The Hall–Kier alpha value is -2.96. The van der Waals surface area contributed by atoms with Gasteiger partial charge in [0, 0.05) is 6.54 Å². The highest BCUT2D eigenvalue weighted by Gasteiger charge is 2.05. The van der Waals surface area contributed by atoms with E-state index in [4.69, 9.17) is 9.15 Å². The Balaban J connectivity index is 1.58. The first kappa shape index (κ1) is 17.4. The predicted octanol–water partition coefficient (Wildman–Crippen LogP) is 1.45. The van der Waals surface area contributed by atoms with E-state index < -0.39 is 0 Å². The SMILES string of the molecule is COc1ccc(CCNC(=O)NCC(=O)NCc2ccco2)cc1. The molecule has 0 saturated heterocycles. The first-order valence-corrected chi connectivity index (χ1v) is 7.61. The number of hydrogen-bond donors (Lipinski definition) is 3. The summed E-state index contributed by atoms with van der Waals surface area (Å²) in [6, 6.07) is 10.8. The summed E-state index contributed by atoms with van der Waals surface area (Å²) < 4.78 is 10.2. The monoisotopic (exact) mass is 331 g/mol. The second-order valence-corrected chi connectivity index (χ2v) is 5.06. The molecule has 0 fully saturated rings. The number of furan rings is 1. The zero-order valence-electron chi connectivity index (χ0n) is 13.5. The fraction of sp³-hybridized carbons (Fsp3) is 0.294. The molecular formula is C17H21N3O4. The van der Waals surface area contributed by atoms with Crippen LogP contribution < -0.4 is 20.7 Å². The molecule has 128 valence electrons. The first-order valence-electron chi connectivity index (χ1n) is 7.61. The molecule has 0 saturated carbocycles. The van der Waals surface area contributed by atoms with Gasteiger partial charge in [-0.3, -0.25) is 4.79 Å². The molecule has 1 aromatic heterocycles. The Morgan fingerprint density at radius 3 is 2.54 bits per heavy atom. The molecule has 0 radical (unpaired) electrons. The van der Waals surface area contributed by atoms with Crippen LogP contribution in [-0.4, -0.2) is 32.1 Å². The maximum Gasteiger partial charge on any atom is 0.315 e. The van der Waals surface area contributed by atoms with Gasteiger partial charge in [0.05, 0.1) is 26.5 Å².